The van der Waals surface area contributed by atoms with Gasteiger partial charge in [-0.05, 0) is 23.9 Å². The summed E-state index contributed by atoms with van der Waals surface area (Å²) in [5, 5.41) is 1.94. The van der Waals surface area contributed by atoms with Crippen molar-refractivity contribution in [2.75, 3.05) is 0 Å². The van der Waals surface area contributed by atoms with Crippen LogP contribution in [0.3, 0.4) is 0 Å². The molecule has 2 nitrogen and oxygen atoms in total. The van der Waals surface area contributed by atoms with Gasteiger partial charge < -0.3 is 10.5 Å². The van der Waals surface area contributed by atoms with Gasteiger partial charge in [-0.15, -0.1) is 11.3 Å². The number of hydrogen-bond donors (Lipinski definition) is 1. The van der Waals surface area contributed by atoms with Crippen molar-refractivity contribution >= 4 is 17.6 Å². The summed E-state index contributed by atoms with van der Waals surface area (Å²) in [5.41, 5.74) is 6.58. The molecule has 54 valence electrons. The van der Waals surface area contributed by atoms with E-state index in [-0.39, 0.29) is 0 Å². The minimum Gasteiger partial charge on any atom is -0.317 e. The third-order valence-electron chi connectivity index (χ3n) is 1.35. The lowest BCUT2D eigenvalue weighted by molar-refractivity contribution is -0.108. The number of thiophene rings is 1. The average Bonchev–Trinajstić information content (AvgIpc) is 2.34. The molecule has 2 N–H and O–H groups in total. The highest BCUT2D eigenvalue weighted by atomic mass is 32.1. The van der Waals surface area contributed by atoms with Gasteiger partial charge in [-0.2, -0.15) is 0 Å². The van der Waals surface area contributed by atoms with E-state index in [2.05, 4.69) is 0 Å². The van der Waals surface area contributed by atoms with Gasteiger partial charge in [0.05, 0.1) is 6.04 Å². The van der Waals surface area contributed by atoms with E-state index in [9.17, 15) is 4.79 Å². The van der Waals surface area contributed by atoms with E-state index in [1.807, 2.05) is 18.4 Å². The first kappa shape index (κ1) is 7.44. The molecule has 0 fully saturated rings. The number of aryl methyl sites for hydroxylation is 1. The number of hydrogen-bond acceptors (Lipinski definition) is 3. The zero-order chi connectivity index (χ0) is 7.56. The third-order valence-corrected chi connectivity index (χ3v) is 2.47. The zero-order valence-electron chi connectivity index (χ0n) is 5.70. The van der Waals surface area contributed by atoms with Crippen molar-refractivity contribution < 1.29 is 4.79 Å². The Morgan fingerprint density at radius 3 is 2.90 bits per heavy atom. The van der Waals surface area contributed by atoms with Crippen LogP contribution in [0.4, 0.5) is 0 Å². The Morgan fingerprint density at radius 2 is 2.50 bits per heavy atom. The Morgan fingerprint density at radius 1 is 1.80 bits per heavy atom. The molecule has 0 spiro atoms. The van der Waals surface area contributed by atoms with Crippen LogP contribution < -0.4 is 5.73 Å². The fourth-order valence-corrected chi connectivity index (χ4v) is 1.67. The van der Waals surface area contributed by atoms with Crippen molar-refractivity contribution in [3.8, 4) is 0 Å². The summed E-state index contributed by atoms with van der Waals surface area (Å²) in [5.74, 6) is 0. The first-order valence-electron chi connectivity index (χ1n) is 3.00. The summed E-state index contributed by atoms with van der Waals surface area (Å²) < 4.78 is 0. The van der Waals surface area contributed by atoms with Gasteiger partial charge >= 0.3 is 0 Å². The minimum absolute atomic E-state index is 0.431. The molecule has 0 aliphatic rings. The van der Waals surface area contributed by atoms with Gasteiger partial charge in [0.2, 0.25) is 0 Å². The second-order valence-electron chi connectivity index (χ2n) is 2.13. The Balaban J connectivity index is 2.92. The second kappa shape index (κ2) is 2.94. The average molecular weight is 155 g/mol. The van der Waals surface area contributed by atoms with E-state index in [4.69, 9.17) is 5.73 Å². The van der Waals surface area contributed by atoms with Crippen LogP contribution >= 0.6 is 11.3 Å². The number of nitrogens with two attached hydrogens (primary N) is 1. The summed E-state index contributed by atoms with van der Waals surface area (Å²) in [4.78, 5) is 11.2. The molecule has 1 aromatic rings. The van der Waals surface area contributed by atoms with Crippen LogP contribution in [-0.2, 0) is 4.79 Å². The highest BCUT2D eigenvalue weighted by molar-refractivity contribution is 7.10. The summed E-state index contributed by atoms with van der Waals surface area (Å²) in [6.07, 6.45) is 0.763. The molecule has 0 aliphatic heterocycles. The van der Waals surface area contributed by atoms with E-state index in [0.29, 0.717) is 0 Å². The van der Waals surface area contributed by atoms with Crippen molar-refractivity contribution in [3.05, 3.63) is 21.9 Å². The third kappa shape index (κ3) is 1.25. The summed E-state index contributed by atoms with van der Waals surface area (Å²) in [6.45, 7) is 1.95. The monoisotopic (exact) mass is 155 g/mol. The standard InChI is InChI=1S/C7H9NOS/c1-5-2-3-10-7(5)6(8)4-9/h2-4,6H,8H2,1H3. The molecule has 0 radical (unpaired) electrons. The van der Waals surface area contributed by atoms with E-state index in [1.54, 1.807) is 0 Å². The molecule has 3 heteroatoms. The summed E-state index contributed by atoms with van der Waals surface area (Å²) >= 11 is 1.53. The molecule has 1 rings (SSSR count). The van der Waals surface area contributed by atoms with Gasteiger partial charge in [-0.1, -0.05) is 0 Å². The molecule has 0 bridgehead atoms. The molecule has 1 aromatic heterocycles. The van der Waals surface area contributed by atoms with Gasteiger partial charge in [0.15, 0.2) is 0 Å². The molecule has 1 heterocycles. The summed E-state index contributed by atoms with van der Waals surface area (Å²) in [6, 6.07) is 1.53. The van der Waals surface area contributed by atoms with Gasteiger partial charge in [-0.3, -0.25) is 0 Å². The van der Waals surface area contributed by atoms with Gasteiger partial charge in [0, 0.05) is 4.88 Å². The molecule has 0 saturated heterocycles. The van der Waals surface area contributed by atoms with Crippen molar-refractivity contribution in [1.82, 2.24) is 0 Å². The van der Waals surface area contributed by atoms with E-state index in [0.717, 1.165) is 16.7 Å². The zero-order valence-corrected chi connectivity index (χ0v) is 6.52. The number of carbonyl (C=O) groups is 1. The molecule has 0 amide bonds. The minimum atomic E-state index is -0.431. The molecule has 1 unspecified atom stereocenters. The maximum atomic E-state index is 10.2. The van der Waals surface area contributed by atoms with Crippen molar-refractivity contribution in [3.63, 3.8) is 0 Å². The SMILES string of the molecule is Cc1ccsc1C(N)C=O. The van der Waals surface area contributed by atoms with Crippen molar-refractivity contribution in [1.29, 1.82) is 0 Å². The van der Waals surface area contributed by atoms with Crippen LogP contribution in [0, 0.1) is 6.92 Å². The maximum absolute atomic E-state index is 10.2. The van der Waals surface area contributed by atoms with Crippen molar-refractivity contribution in [2.45, 2.75) is 13.0 Å². The lowest BCUT2D eigenvalue weighted by Gasteiger charge is -1.99. The van der Waals surface area contributed by atoms with Crippen LogP contribution in [-0.4, -0.2) is 6.29 Å². The van der Waals surface area contributed by atoms with Crippen molar-refractivity contribution in [2.24, 2.45) is 5.73 Å². The molecule has 0 aromatic carbocycles. The number of rotatable bonds is 2. The number of carbonyl (C=O) groups excluding carboxylic acids is 1. The van der Waals surface area contributed by atoms with E-state index in [1.165, 1.54) is 11.3 Å². The quantitative estimate of drug-likeness (QED) is 0.653. The fraction of sp³-hybridized carbons (Fsp3) is 0.286. The molecular formula is C7H9NOS. The van der Waals surface area contributed by atoms with Crippen LogP contribution in [0.2, 0.25) is 0 Å². The van der Waals surface area contributed by atoms with Crippen LogP contribution in [0.5, 0.6) is 0 Å². The topological polar surface area (TPSA) is 43.1 Å². The van der Waals surface area contributed by atoms with Gasteiger partial charge in [0.25, 0.3) is 0 Å². The Labute approximate surface area is 63.7 Å². The Kier molecular flexibility index (Phi) is 2.19. The first-order valence-corrected chi connectivity index (χ1v) is 3.88. The highest BCUT2D eigenvalue weighted by Gasteiger charge is 2.07. The largest absolute Gasteiger partial charge is 0.317 e. The number of aldehydes is 1. The lowest BCUT2D eigenvalue weighted by atomic mass is 10.2. The molecule has 0 saturated carbocycles. The molecular weight excluding hydrogens is 146 g/mol. The Hall–Kier alpha value is -0.670. The predicted octanol–water partition coefficient (Wildman–Crippen LogP) is 1.26. The van der Waals surface area contributed by atoms with Crippen LogP contribution in [0.25, 0.3) is 0 Å². The second-order valence-corrected chi connectivity index (χ2v) is 3.08. The summed E-state index contributed by atoms with van der Waals surface area (Å²) in [7, 11) is 0. The van der Waals surface area contributed by atoms with E-state index >= 15 is 0 Å². The fourth-order valence-electron chi connectivity index (χ4n) is 0.788. The van der Waals surface area contributed by atoms with Gasteiger partial charge in [0.1, 0.15) is 6.29 Å². The smallest absolute Gasteiger partial charge is 0.142 e. The van der Waals surface area contributed by atoms with Crippen LogP contribution in [0.15, 0.2) is 11.4 Å². The molecule has 1 atom stereocenters. The van der Waals surface area contributed by atoms with Gasteiger partial charge in [-0.25, -0.2) is 0 Å². The van der Waals surface area contributed by atoms with Crippen LogP contribution in [0.1, 0.15) is 16.5 Å². The van der Waals surface area contributed by atoms with E-state index < -0.39 is 6.04 Å². The lowest BCUT2D eigenvalue weighted by Crippen LogP contribution is -2.10. The highest BCUT2D eigenvalue weighted by Crippen LogP contribution is 2.20. The maximum Gasteiger partial charge on any atom is 0.142 e. The Bertz CT molecular complexity index is 231. The molecule has 10 heavy (non-hydrogen) atoms. The normalized spacial score (nSPS) is 13.0. The first-order chi connectivity index (χ1) is 4.75. The molecule has 0 aliphatic carbocycles. The predicted molar refractivity (Wildman–Crippen MR) is 42.0 cm³/mol.